The van der Waals surface area contributed by atoms with Gasteiger partial charge in [-0.25, -0.2) is 4.98 Å². The Kier molecular flexibility index (Phi) is 5.82. The highest BCUT2D eigenvalue weighted by Crippen LogP contribution is 2.23. The molecule has 1 N–H and O–H groups in total. The lowest BCUT2D eigenvalue weighted by Crippen LogP contribution is -2.27. The van der Waals surface area contributed by atoms with Gasteiger partial charge in [0, 0.05) is 35.4 Å². The molecule has 4 nitrogen and oxygen atoms in total. The van der Waals surface area contributed by atoms with Crippen molar-refractivity contribution in [3.8, 4) is 0 Å². The fourth-order valence-corrected chi connectivity index (χ4v) is 2.51. The Morgan fingerprint density at radius 3 is 2.86 bits per heavy atom. The first-order chi connectivity index (χ1) is 10.1. The summed E-state index contributed by atoms with van der Waals surface area (Å²) in [7, 11) is 0. The lowest BCUT2D eigenvalue weighted by Gasteiger charge is -2.24. The van der Waals surface area contributed by atoms with Crippen molar-refractivity contribution in [1.82, 2.24) is 10.3 Å². The first-order valence-corrected chi connectivity index (χ1v) is 8.04. The van der Waals surface area contributed by atoms with Crippen molar-refractivity contribution in [2.75, 3.05) is 11.4 Å². The summed E-state index contributed by atoms with van der Waals surface area (Å²) in [6.07, 6.45) is 3.55. The lowest BCUT2D eigenvalue weighted by atomic mass is 10.2. The predicted molar refractivity (Wildman–Crippen MR) is 89.3 cm³/mol. The van der Waals surface area contributed by atoms with Crippen molar-refractivity contribution in [3.63, 3.8) is 0 Å². The highest BCUT2D eigenvalue weighted by Gasteiger charge is 2.14. The smallest absolute Gasteiger partial charge is 0.133 e. The maximum absolute atomic E-state index is 5.45. The number of pyridine rings is 1. The summed E-state index contributed by atoms with van der Waals surface area (Å²) >= 11 is 3.51. The zero-order chi connectivity index (χ0) is 15.2. The Morgan fingerprint density at radius 2 is 2.24 bits per heavy atom. The number of furan rings is 1. The van der Waals surface area contributed by atoms with Crippen LogP contribution in [0.3, 0.4) is 0 Å². The Bertz CT molecular complexity index is 555. The summed E-state index contributed by atoms with van der Waals surface area (Å²) in [5.74, 6) is 1.95. The molecule has 5 heteroatoms. The van der Waals surface area contributed by atoms with Gasteiger partial charge in [-0.15, -0.1) is 0 Å². The monoisotopic (exact) mass is 351 g/mol. The van der Waals surface area contributed by atoms with E-state index in [0.29, 0.717) is 6.04 Å². The van der Waals surface area contributed by atoms with E-state index in [1.54, 1.807) is 6.26 Å². The van der Waals surface area contributed by atoms with Crippen LogP contribution in [0.2, 0.25) is 0 Å². The molecule has 0 fully saturated rings. The van der Waals surface area contributed by atoms with Crippen LogP contribution < -0.4 is 10.2 Å². The lowest BCUT2D eigenvalue weighted by molar-refractivity contribution is 0.502. The molecule has 2 aromatic rings. The van der Waals surface area contributed by atoms with Gasteiger partial charge in [0.2, 0.25) is 0 Å². The standard InChI is InChI=1S/C16H22BrN3O/c1-4-20(11-15-6-5-7-21-15)16-13(9-18-12(2)3)8-14(17)10-19-16/h5-8,10,12,18H,4,9,11H2,1-3H3. The first-order valence-electron chi connectivity index (χ1n) is 7.25. The van der Waals surface area contributed by atoms with Crippen LogP contribution in [0.5, 0.6) is 0 Å². The molecule has 0 spiro atoms. The molecule has 0 atom stereocenters. The normalized spacial score (nSPS) is 11.1. The van der Waals surface area contributed by atoms with E-state index in [0.717, 1.165) is 35.7 Å². The first kappa shape index (κ1) is 16.0. The number of nitrogens with zero attached hydrogens (tertiary/aromatic N) is 2. The van der Waals surface area contributed by atoms with Crippen LogP contribution in [-0.2, 0) is 13.1 Å². The van der Waals surface area contributed by atoms with Crippen LogP contribution in [0.1, 0.15) is 32.1 Å². The summed E-state index contributed by atoms with van der Waals surface area (Å²) in [4.78, 5) is 6.83. The van der Waals surface area contributed by atoms with Crippen LogP contribution in [0.15, 0.2) is 39.5 Å². The molecule has 0 bridgehead atoms. The van der Waals surface area contributed by atoms with Crippen LogP contribution in [0.4, 0.5) is 5.82 Å². The Balaban J connectivity index is 2.22. The molecular formula is C16H22BrN3O. The third kappa shape index (κ3) is 4.58. The average molecular weight is 352 g/mol. The average Bonchev–Trinajstić information content (AvgIpc) is 2.96. The van der Waals surface area contributed by atoms with Gasteiger partial charge in [0.25, 0.3) is 0 Å². The Labute approximate surface area is 134 Å². The summed E-state index contributed by atoms with van der Waals surface area (Å²) < 4.78 is 6.46. The summed E-state index contributed by atoms with van der Waals surface area (Å²) in [6.45, 7) is 8.83. The second kappa shape index (κ2) is 7.61. The number of anilines is 1. The van der Waals surface area contributed by atoms with Gasteiger partial charge in [-0.3, -0.25) is 0 Å². The molecule has 0 amide bonds. The number of hydrogen-bond donors (Lipinski definition) is 1. The highest BCUT2D eigenvalue weighted by molar-refractivity contribution is 9.10. The zero-order valence-corrected chi connectivity index (χ0v) is 14.4. The minimum Gasteiger partial charge on any atom is -0.467 e. The minimum atomic E-state index is 0.442. The van der Waals surface area contributed by atoms with Gasteiger partial charge >= 0.3 is 0 Å². The van der Waals surface area contributed by atoms with Crippen LogP contribution in [0, 0.1) is 0 Å². The van der Waals surface area contributed by atoms with Crippen molar-refractivity contribution in [3.05, 3.63) is 46.5 Å². The van der Waals surface area contributed by atoms with Gasteiger partial charge in [-0.1, -0.05) is 13.8 Å². The molecule has 0 unspecified atom stereocenters. The third-order valence-electron chi connectivity index (χ3n) is 3.22. The van der Waals surface area contributed by atoms with Crippen molar-refractivity contribution >= 4 is 21.7 Å². The van der Waals surface area contributed by atoms with Crippen LogP contribution >= 0.6 is 15.9 Å². The molecule has 0 saturated carbocycles. The molecule has 0 saturated heterocycles. The van der Waals surface area contributed by atoms with E-state index < -0.39 is 0 Å². The van der Waals surface area contributed by atoms with Crippen LogP contribution in [-0.4, -0.2) is 17.6 Å². The topological polar surface area (TPSA) is 41.3 Å². The largest absolute Gasteiger partial charge is 0.467 e. The zero-order valence-electron chi connectivity index (χ0n) is 12.8. The number of rotatable bonds is 7. The molecule has 2 heterocycles. The fourth-order valence-electron chi connectivity index (χ4n) is 2.13. The third-order valence-corrected chi connectivity index (χ3v) is 3.65. The summed E-state index contributed by atoms with van der Waals surface area (Å²) in [5.41, 5.74) is 1.19. The molecule has 0 aliphatic carbocycles. The van der Waals surface area contributed by atoms with Gasteiger partial charge in [-0.2, -0.15) is 0 Å². The second-order valence-corrected chi connectivity index (χ2v) is 6.18. The fraction of sp³-hybridized carbons (Fsp3) is 0.438. The van der Waals surface area contributed by atoms with E-state index in [1.165, 1.54) is 5.56 Å². The highest BCUT2D eigenvalue weighted by atomic mass is 79.9. The van der Waals surface area contributed by atoms with Gasteiger partial charge in [0.1, 0.15) is 11.6 Å². The van der Waals surface area contributed by atoms with Gasteiger partial charge in [0.05, 0.1) is 12.8 Å². The summed E-state index contributed by atoms with van der Waals surface area (Å²) in [5, 5.41) is 3.46. The van der Waals surface area contributed by atoms with Gasteiger partial charge in [0.15, 0.2) is 0 Å². The van der Waals surface area contributed by atoms with E-state index in [9.17, 15) is 0 Å². The van der Waals surface area contributed by atoms with E-state index in [2.05, 4.69) is 58.0 Å². The number of hydrogen-bond acceptors (Lipinski definition) is 4. The molecule has 0 aliphatic heterocycles. The molecule has 2 aromatic heterocycles. The molecule has 0 aliphatic rings. The number of halogens is 1. The molecule has 2 rings (SSSR count). The molecule has 114 valence electrons. The van der Waals surface area contributed by atoms with E-state index in [-0.39, 0.29) is 0 Å². The number of aromatic nitrogens is 1. The minimum absolute atomic E-state index is 0.442. The maximum atomic E-state index is 5.45. The van der Waals surface area contributed by atoms with Crippen molar-refractivity contribution in [1.29, 1.82) is 0 Å². The Hall–Kier alpha value is -1.33. The van der Waals surface area contributed by atoms with E-state index >= 15 is 0 Å². The Morgan fingerprint density at radius 1 is 1.43 bits per heavy atom. The molecule has 0 radical (unpaired) electrons. The van der Waals surface area contributed by atoms with Crippen molar-refractivity contribution in [2.45, 2.75) is 39.9 Å². The maximum Gasteiger partial charge on any atom is 0.133 e. The van der Waals surface area contributed by atoms with Crippen molar-refractivity contribution in [2.24, 2.45) is 0 Å². The van der Waals surface area contributed by atoms with Crippen LogP contribution in [0.25, 0.3) is 0 Å². The van der Waals surface area contributed by atoms with Crippen molar-refractivity contribution < 1.29 is 4.42 Å². The molecular weight excluding hydrogens is 330 g/mol. The summed E-state index contributed by atoms with van der Waals surface area (Å²) in [6, 6.07) is 6.48. The number of nitrogens with one attached hydrogen (secondary N) is 1. The SMILES string of the molecule is CCN(Cc1ccco1)c1ncc(Br)cc1CNC(C)C. The van der Waals surface area contributed by atoms with Gasteiger partial charge < -0.3 is 14.6 Å². The van der Waals surface area contributed by atoms with E-state index in [4.69, 9.17) is 4.42 Å². The second-order valence-electron chi connectivity index (χ2n) is 5.27. The van der Waals surface area contributed by atoms with E-state index in [1.807, 2.05) is 18.3 Å². The quantitative estimate of drug-likeness (QED) is 0.819. The molecule has 21 heavy (non-hydrogen) atoms. The van der Waals surface area contributed by atoms with Gasteiger partial charge in [-0.05, 0) is 41.1 Å². The molecule has 0 aromatic carbocycles. The predicted octanol–water partition coefficient (Wildman–Crippen LogP) is 3.96.